The molecule has 0 bridgehead atoms. The molecular weight excluding hydrogens is 352 g/mol. The summed E-state index contributed by atoms with van der Waals surface area (Å²) >= 11 is 9.89. The van der Waals surface area contributed by atoms with Crippen molar-refractivity contribution in [3.63, 3.8) is 0 Å². The van der Waals surface area contributed by atoms with Crippen LogP contribution in [-0.4, -0.2) is 16.6 Å². The Bertz CT molecular complexity index is 525. The van der Waals surface area contributed by atoms with E-state index in [0.717, 1.165) is 47.6 Å². The molecule has 0 unspecified atom stereocenters. The van der Waals surface area contributed by atoms with Gasteiger partial charge in [0, 0.05) is 12.5 Å². The molecule has 0 saturated heterocycles. The maximum Gasteiger partial charge on any atom is 0.162 e. The van der Waals surface area contributed by atoms with Gasteiger partial charge in [0.1, 0.15) is 10.8 Å². The summed E-state index contributed by atoms with van der Waals surface area (Å²) < 4.78 is 7.02. The molecular formula is C16H22BrClN2O. The molecule has 3 rings (SSSR count). The van der Waals surface area contributed by atoms with Crippen molar-refractivity contribution in [1.29, 1.82) is 0 Å². The summed E-state index contributed by atoms with van der Waals surface area (Å²) in [6, 6.07) is 0. The number of hydrogen-bond donors (Lipinski definition) is 0. The van der Waals surface area contributed by atoms with Crippen LogP contribution < -0.4 is 0 Å². The van der Waals surface area contributed by atoms with Crippen molar-refractivity contribution < 1.29 is 4.74 Å². The molecule has 0 N–H and O–H groups in total. The van der Waals surface area contributed by atoms with Gasteiger partial charge in [-0.3, -0.25) is 0 Å². The standard InChI is InChI=1S/C16H22BrClN2O/c1-3-21-16(8-6-10(2)7-9-16)15-19-13(11-4-5-11)12(17)14(18)20-15/h10-11H,3-9H2,1-2H3. The second kappa shape index (κ2) is 6.13. The van der Waals surface area contributed by atoms with Gasteiger partial charge in [-0.05, 0) is 67.3 Å². The van der Waals surface area contributed by atoms with Gasteiger partial charge in [-0.1, -0.05) is 18.5 Å². The minimum atomic E-state index is -0.338. The Labute approximate surface area is 140 Å². The molecule has 2 saturated carbocycles. The van der Waals surface area contributed by atoms with E-state index in [4.69, 9.17) is 21.3 Å². The Hall–Kier alpha value is -0.190. The van der Waals surface area contributed by atoms with Gasteiger partial charge in [0.15, 0.2) is 5.82 Å². The lowest BCUT2D eigenvalue weighted by atomic mass is 9.78. The summed E-state index contributed by atoms with van der Waals surface area (Å²) in [6.07, 6.45) is 6.70. The van der Waals surface area contributed by atoms with E-state index in [9.17, 15) is 0 Å². The van der Waals surface area contributed by atoms with E-state index in [-0.39, 0.29) is 5.60 Å². The first-order valence-corrected chi connectivity index (χ1v) is 9.10. The van der Waals surface area contributed by atoms with Crippen LogP contribution in [0.4, 0.5) is 0 Å². The van der Waals surface area contributed by atoms with Crippen LogP contribution in [0.3, 0.4) is 0 Å². The van der Waals surface area contributed by atoms with E-state index in [0.29, 0.717) is 17.7 Å². The molecule has 1 aromatic heterocycles. The van der Waals surface area contributed by atoms with E-state index in [1.165, 1.54) is 12.8 Å². The van der Waals surface area contributed by atoms with Crippen LogP contribution in [0.2, 0.25) is 5.15 Å². The molecule has 21 heavy (non-hydrogen) atoms. The fraction of sp³-hybridized carbons (Fsp3) is 0.750. The largest absolute Gasteiger partial charge is 0.367 e. The molecule has 1 aromatic rings. The van der Waals surface area contributed by atoms with E-state index >= 15 is 0 Å². The van der Waals surface area contributed by atoms with Gasteiger partial charge in [0.2, 0.25) is 0 Å². The summed E-state index contributed by atoms with van der Waals surface area (Å²) in [4.78, 5) is 9.43. The van der Waals surface area contributed by atoms with Crippen molar-refractivity contribution in [2.75, 3.05) is 6.61 Å². The second-order valence-corrected chi connectivity index (χ2v) is 7.57. The molecule has 0 atom stereocenters. The lowest BCUT2D eigenvalue weighted by Gasteiger charge is -2.38. The normalized spacial score (nSPS) is 29.6. The zero-order chi connectivity index (χ0) is 15.0. The third-order valence-electron chi connectivity index (χ3n) is 4.71. The highest BCUT2D eigenvalue weighted by Gasteiger charge is 2.41. The van der Waals surface area contributed by atoms with Crippen LogP contribution in [0.25, 0.3) is 0 Å². The highest BCUT2D eigenvalue weighted by atomic mass is 79.9. The number of ether oxygens (including phenoxy) is 1. The van der Waals surface area contributed by atoms with Crippen molar-refractivity contribution in [3.05, 3.63) is 21.1 Å². The second-order valence-electron chi connectivity index (χ2n) is 6.42. The Balaban J connectivity index is 1.99. The fourth-order valence-corrected chi connectivity index (χ4v) is 3.88. The molecule has 1 heterocycles. The zero-order valence-corrected chi connectivity index (χ0v) is 15.0. The van der Waals surface area contributed by atoms with Gasteiger partial charge in [-0.15, -0.1) is 0 Å². The van der Waals surface area contributed by atoms with Crippen LogP contribution in [0, 0.1) is 5.92 Å². The zero-order valence-electron chi connectivity index (χ0n) is 12.7. The number of hydrogen-bond acceptors (Lipinski definition) is 3. The van der Waals surface area contributed by atoms with Crippen molar-refractivity contribution >= 4 is 27.5 Å². The van der Waals surface area contributed by atoms with Gasteiger partial charge in [-0.2, -0.15) is 0 Å². The van der Waals surface area contributed by atoms with Crippen molar-refractivity contribution in [2.45, 2.75) is 63.9 Å². The third kappa shape index (κ3) is 3.13. The summed E-state index contributed by atoms with van der Waals surface area (Å²) in [5.41, 5.74) is 0.734. The van der Waals surface area contributed by atoms with Crippen molar-refractivity contribution in [1.82, 2.24) is 9.97 Å². The summed E-state index contributed by atoms with van der Waals surface area (Å²) in [5, 5.41) is 0.527. The molecule has 0 radical (unpaired) electrons. The average molecular weight is 374 g/mol. The summed E-state index contributed by atoms with van der Waals surface area (Å²) in [6.45, 7) is 5.03. The first kappa shape index (κ1) is 15.7. The molecule has 3 nitrogen and oxygen atoms in total. The first-order chi connectivity index (χ1) is 10.1. The molecule has 0 amide bonds. The minimum Gasteiger partial charge on any atom is -0.367 e. The van der Waals surface area contributed by atoms with E-state index in [1.54, 1.807) is 0 Å². The molecule has 0 spiro atoms. The lowest BCUT2D eigenvalue weighted by Crippen LogP contribution is -2.36. The Morgan fingerprint density at radius 1 is 1.24 bits per heavy atom. The van der Waals surface area contributed by atoms with Gasteiger partial charge >= 0.3 is 0 Å². The van der Waals surface area contributed by atoms with E-state index in [1.807, 2.05) is 6.92 Å². The lowest BCUT2D eigenvalue weighted by molar-refractivity contribution is -0.0838. The molecule has 2 aliphatic carbocycles. The van der Waals surface area contributed by atoms with Crippen LogP contribution in [0.15, 0.2) is 4.47 Å². The van der Waals surface area contributed by atoms with Gasteiger partial charge < -0.3 is 4.74 Å². The smallest absolute Gasteiger partial charge is 0.162 e. The SMILES string of the molecule is CCOC1(c2nc(Cl)c(Br)c(C3CC3)n2)CCC(C)CC1. The van der Waals surface area contributed by atoms with E-state index < -0.39 is 0 Å². The number of halogens is 2. The highest BCUT2D eigenvalue weighted by Crippen LogP contribution is 2.46. The average Bonchev–Trinajstić information content (AvgIpc) is 3.29. The van der Waals surface area contributed by atoms with Gasteiger partial charge in [0.05, 0.1) is 10.2 Å². The third-order valence-corrected chi connectivity index (χ3v) is 5.99. The van der Waals surface area contributed by atoms with Gasteiger partial charge in [-0.25, -0.2) is 9.97 Å². The Kier molecular flexibility index (Phi) is 4.58. The molecule has 0 aromatic carbocycles. The van der Waals surface area contributed by atoms with Crippen LogP contribution >= 0.6 is 27.5 Å². The number of rotatable bonds is 4. The van der Waals surface area contributed by atoms with Crippen molar-refractivity contribution in [3.8, 4) is 0 Å². The monoisotopic (exact) mass is 372 g/mol. The van der Waals surface area contributed by atoms with Gasteiger partial charge in [0.25, 0.3) is 0 Å². The number of nitrogens with zero attached hydrogens (tertiary/aromatic N) is 2. The van der Waals surface area contributed by atoms with Crippen LogP contribution in [0.5, 0.6) is 0 Å². The maximum atomic E-state index is 6.35. The van der Waals surface area contributed by atoms with Crippen molar-refractivity contribution in [2.24, 2.45) is 5.92 Å². The Morgan fingerprint density at radius 3 is 2.48 bits per heavy atom. The quantitative estimate of drug-likeness (QED) is 0.679. The summed E-state index contributed by atoms with van der Waals surface area (Å²) in [7, 11) is 0. The fourth-order valence-electron chi connectivity index (χ4n) is 3.20. The molecule has 2 fully saturated rings. The molecule has 116 valence electrons. The predicted molar refractivity (Wildman–Crippen MR) is 87.7 cm³/mol. The molecule has 2 aliphatic rings. The topological polar surface area (TPSA) is 35.0 Å². The maximum absolute atomic E-state index is 6.35. The predicted octanol–water partition coefficient (Wildman–Crippen LogP) is 5.21. The Morgan fingerprint density at radius 2 is 1.90 bits per heavy atom. The summed E-state index contributed by atoms with van der Waals surface area (Å²) in [5.74, 6) is 2.10. The molecule has 0 aliphatic heterocycles. The number of aromatic nitrogens is 2. The minimum absolute atomic E-state index is 0.338. The van der Waals surface area contributed by atoms with E-state index in [2.05, 4.69) is 27.8 Å². The molecule has 5 heteroatoms. The first-order valence-electron chi connectivity index (χ1n) is 7.93. The highest BCUT2D eigenvalue weighted by molar-refractivity contribution is 9.10. The van der Waals surface area contributed by atoms with Crippen LogP contribution in [0.1, 0.15) is 69.8 Å². The van der Waals surface area contributed by atoms with Crippen LogP contribution in [-0.2, 0) is 10.3 Å².